The predicted molar refractivity (Wildman–Crippen MR) is 139 cm³/mol. The fourth-order valence-electron chi connectivity index (χ4n) is 3.57. The molecule has 0 unspecified atom stereocenters. The van der Waals surface area contributed by atoms with Crippen LogP contribution in [0.5, 0.6) is 0 Å². The minimum Gasteiger partial charge on any atom is -0.357 e. The molecule has 1 aromatic carbocycles. The van der Waals surface area contributed by atoms with E-state index >= 15 is 0 Å². The second kappa shape index (κ2) is 13.3. The van der Waals surface area contributed by atoms with Crippen LogP contribution < -0.4 is 10.6 Å². The van der Waals surface area contributed by atoms with E-state index in [1.807, 2.05) is 0 Å². The van der Waals surface area contributed by atoms with E-state index in [1.54, 1.807) is 11.3 Å². The molecule has 0 amide bonds. The van der Waals surface area contributed by atoms with Crippen molar-refractivity contribution >= 4 is 41.3 Å². The summed E-state index contributed by atoms with van der Waals surface area (Å²) in [6, 6.07) is 8.95. The van der Waals surface area contributed by atoms with E-state index in [-0.39, 0.29) is 24.0 Å². The molecule has 30 heavy (non-hydrogen) atoms. The smallest absolute Gasteiger partial charge is 0.191 e. The molecule has 1 fully saturated rings. The van der Waals surface area contributed by atoms with E-state index in [0.29, 0.717) is 6.54 Å². The second-order valence-electron chi connectivity index (χ2n) is 7.77. The first-order chi connectivity index (χ1) is 14.1. The Hall–Kier alpha value is -1.19. The van der Waals surface area contributed by atoms with Crippen LogP contribution in [0.15, 0.2) is 29.3 Å². The van der Waals surface area contributed by atoms with E-state index in [2.05, 4.69) is 65.6 Å². The van der Waals surface area contributed by atoms with Crippen LogP contribution in [-0.2, 0) is 19.5 Å². The van der Waals surface area contributed by atoms with Gasteiger partial charge in [0.25, 0.3) is 0 Å². The number of benzene rings is 1. The summed E-state index contributed by atoms with van der Waals surface area (Å²) in [7, 11) is 0. The van der Waals surface area contributed by atoms with Crippen LogP contribution in [0.3, 0.4) is 0 Å². The van der Waals surface area contributed by atoms with Gasteiger partial charge in [-0.3, -0.25) is 4.90 Å². The molecular weight excluding hydrogens is 505 g/mol. The van der Waals surface area contributed by atoms with Gasteiger partial charge in [-0.25, -0.2) is 9.98 Å². The normalized spacial score (nSPS) is 15.0. The van der Waals surface area contributed by atoms with E-state index in [1.165, 1.54) is 53.4 Å². The molecule has 5 nitrogen and oxygen atoms in total. The van der Waals surface area contributed by atoms with Gasteiger partial charge in [-0.15, -0.1) is 35.3 Å². The largest absolute Gasteiger partial charge is 0.357 e. The number of likely N-dealkylation sites (tertiary alicyclic amines) is 1. The van der Waals surface area contributed by atoms with Gasteiger partial charge in [0.15, 0.2) is 5.96 Å². The number of nitrogens with zero attached hydrogens (tertiary/aromatic N) is 3. The highest BCUT2D eigenvalue weighted by atomic mass is 127. The molecule has 0 saturated carbocycles. The third-order valence-electron chi connectivity index (χ3n) is 5.35. The molecule has 7 heteroatoms. The Morgan fingerprint density at radius 1 is 1.07 bits per heavy atom. The van der Waals surface area contributed by atoms with Crippen LogP contribution in [0.25, 0.3) is 0 Å². The molecule has 1 saturated heterocycles. The van der Waals surface area contributed by atoms with E-state index in [4.69, 9.17) is 4.99 Å². The van der Waals surface area contributed by atoms with E-state index in [9.17, 15) is 0 Å². The van der Waals surface area contributed by atoms with E-state index < -0.39 is 0 Å². The van der Waals surface area contributed by atoms with E-state index in [0.717, 1.165) is 37.7 Å². The maximum absolute atomic E-state index is 4.75. The predicted octanol–water partition coefficient (Wildman–Crippen LogP) is 4.66. The number of hydrogen-bond donors (Lipinski definition) is 2. The van der Waals surface area contributed by atoms with Crippen molar-refractivity contribution in [2.45, 2.75) is 59.5 Å². The molecule has 2 aromatic rings. The number of rotatable bonds is 8. The number of aryl methyl sites for hydroxylation is 2. The Bertz CT molecular complexity index is 762. The number of hydrogen-bond acceptors (Lipinski definition) is 4. The Balaban J connectivity index is 0.00000320. The number of aromatic nitrogens is 1. The summed E-state index contributed by atoms with van der Waals surface area (Å²) >= 11 is 1.79. The molecule has 0 radical (unpaired) electrons. The summed E-state index contributed by atoms with van der Waals surface area (Å²) in [6.45, 7) is 12.2. The molecule has 0 bridgehead atoms. The van der Waals surface area contributed by atoms with Crippen molar-refractivity contribution in [1.29, 1.82) is 0 Å². The number of piperidine rings is 1. The average Bonchev–Trinajstić information content (AvgIpc) is 3.05. The summed E-state index contributed by atoms with van der Waals surface area (Å²) in [5.41, 5.74) is 3.80. The number of guanidine groups is 1. The lowest BCUT2D eigenvalue weighted by atomic mass is 10.1. The fraction of sp³-hybridized carbons (Fsp3) is 0.565. The first-order valence-corrected chi connectivity index (χ1v) is 11.7. The SMILES string of the molecule is CCNC(=NCc1ccc(CN2CCCCC2)cc1)NCCc1nc(C)c(C)s1.I. The number of thiazole rings is 1. The van der Waals surface area contributed by atoms with Gasteiger partial charge in [-0.2, -0.15) is 0 Å². The fourth-order valence-corrected chi connectivity index (χ4v) is 4.51. The van der Waals surface area contributed by atoms with Gasteiger partial charge in [0, 0.05) is 30.9 Å². The van der Waals surface area contributed by atoms with Gasteiger partial charge < -0.3 is 10.6 Å². The van der Waals surface area contributed by atoms with Gasteiger partial charge in [0.05, 0.1) is 17.2 Å². The zero-order chi connectivity index (χ0) is 20.5. The minimum absolute atomic E-state index is 0. The Morgan fingerprint density at radius 2 is 1.77 bits per heavy atom. The molecular formula is C23H36IN5S. The molecule has 0 aliphatic carbocycles. The zero-order valence-corrected chi connectivity index (χ0v) is 21.7. The highest BCUT2D eigenvalue weighted by Gasteiger charge is 2.10. The van der Waals surface area contributed by atoms with Gasteiger partial charge in [-0.1, -0.05) is 30.7 Å². The summed E-state index contributed by atoms with van der Waals surface area (Å²) in [6.07, 6.45) is 5.00. The van der Waals surface area contributed by atoms with Crippen LogP contribution in [0.1, 0.15) is 52.9 Å². The summed E-state index contributed by atoms with van der Waals surface area (Å²) < 4.78 is 0. The van der Waals surface area contributed by atoms with Crippen molar-refractivity contribution in [3.05, 3.63) is 51.0 Å². The van der Waals surface area contributed by atoms with Crippen LogP contribution in [0, 0.1) is 13.8 Å². The quantitative estimate of drug-likeness (QED) is 0.290. The van der Waals surface area contributed by atoms with Crippen molar-refractivity contribution in [2.24, 2.45) is 4.99 Å². The second-order valence-corrected chi connectivity index (χ2v) is 9.06. The topological polar surface area (TPSA) is 52.6 Å². The van der Waals surface area contributed by atoms with Gasteiger partial charge in [0.2, 0.25) is 0 Å². The van der Waals surface area contributed by atoms with Crippen LogP contribution in [-0.4, -0.2) is 42.0 Å². The third-order valence-corrected chi connectivity index (χ3v) is 6.48. The number of halogens is 1. The number of nitrogens with one attached hydrogen (secondary N) is 2. The maximum Gasteiger partial charge on any atom is 0.191 e. The zero-order valence-electron chi connectivity index (χ0n) is 18.5. The first kappa shape index (κ1) is 25.1. The lowest BCUT2D eigenvalue weighted by Gasteiger charge is -2.26. The molecule has 0 atom stereocenters. The van der Waals surface area contributed by atoms with Crippen LogP contribution in [0.2, 0.25) is 0 Å². The average molecular weight is 542 g/mol. The molecule has 1 aliphatic heterocycles. The number of aliphatic imine (C=N–C) groups is 1. The third kappa shape index (κ3) is 8.15. The first-order valence-electron chi connectivity index (χ1n) is 10.9. The summed E-state index contributed by atoms with van der Waals surface area (Å²) in [5, 5.41) is 7.96. The molecule has 0 spiro atoms. The lowest BCUT2D eigenvalue weighted by molar-refractivity contribution is 0.221. The van der Waals surface area contributed by atoms with Crippen LogP contribution in [0.4, 0.5) is 0 Å². The molecule has 1 aromatic heterocycles. The summed E-state index contributed by atoms with van der Waals surface area (Å²) in [5.74, 6) is 0.870. The molecule has 2 N–H and O–H groups in total. The van der Waals surface area contributed by atoms with Gasteiger partial charge in [-0.05, 0) is 57.8 Å². The van der Waals surface area contributed by atoms with Gasteiger partial charge in [0.1, 0.15) is 0 Å². The highest BCUT2D eigenvalue weighted by Crippen LogP contribution is 2.16. The van der Waals surface area contributed by atoms with Crippen molar-refractivity contribution in [1.82, 2.24) is 20.5 Å². The maximum atomic E-state index is 4.75. The summed E-state index contributed by atoms with van der Waals surface area (Å²) in [4.78, 5) is 13.2. The molecule has 2 heterocycles. The molecule has 3 rings (SSSR count). The van der Waals surface area contributed by atoms with Crippen molar-refractivity contribution < 1.29 is 0 Å². The molecule has 166 valence electrons. The molecule has 1 aliphatic rings. The van der Waals surface area contributed by atoms with Gasteiger partial charge >= 0.3 is 0 Å². The van der Waals surface area contributed by atoms with Crippen LogP contribution >= 0.6 is 35.3 Å². The Labute approximate surface area is 202 Å². The van der Waals surface area contributed by atoms with Crippen molar-refractivity contribution in [3.63, 3.8) is 0 Å². The standard InChI is InChI=1S/C23H35N5S.HI/c1-4-24-23(25-13-12-22-27-18(2)19(3)29-22)26-16-20-8-10-21(11-9-20)17-28-14-6-5-7-15-28;/h8-11H,4-7,12-17H2,1-3H3,(H2,24,25,26);1H. The lowest BCUT2D eigenvalue weighted by Crippen LogP contribution is -2.38. The Morgan fingerprint density at radius 3 is 2.40 bits per heavy atom. The highest BCUT2D eigenvalue weighted by molar-refractivity contribution is 14.0. The monoisotopic (exact) mass is 541 g/mol. The Kier molecular flexibility index (Phi) is 11.1. The minimum atomic E-state index is 0. The van der Waals surface area contributed by atoms with Crippen molar-refractivity contribution in [2.75, 3.05) is 26.2 Å². The van der Waals surface area contributed by atoms with Crippen molar-refractivity contribution in [3.8, 4) is 0 Å².